The van der Waals surface area contributed by atoms with Crippen molar-refractivity contribution in [3.05, 3.63) is 98.9 Å². The van der Waals surface area contributed by atoms with Gasteiger partial charge in [-0.3, -0.25) is 13.9 Å². The number of halogens is 2. The highest BCUT2D eigenvalue weighted by molar-refractivity contribution is 9.10. The van der Waals surface area contributed by atoms with Crippen molar-refractivity contribution in [1.82, 2.24) is 10.2 Å². The van der Waals surface area contributed by atoms with Gasteiger partial charge in [-0.2, -0.15) is 0 Å². The third-order valence-electron chi connectivity index (χ3n) is 5.56. The summed E-state index contributed by atoms with van der Waals surface area (Å²) in [6.45, 7) is -0.318. The van der Waals surface area contributed by atoms with Crippen LogP contribution >= 0.6 is 31.9 Å². The van der Waals surface area contributed by atoms with Gasteiger partial charge in [-0.15, -0.1) is 0 Å². The second-order valence-corrected chi connectivity index (χ2v) is 12.0. The molecule has 190 valence electrons. The van der Waals surface area contributed by atoms with Crippen LogP contribution in [0.2, 0.25) is 0 Å². The van der Waals surface area contributed by atoms with Gasteiger partial charge in [0.2, 0.25) is 21.8 Å². The molecule has 0 spiro atoms. The highest BCUT2D eigenvalue weighted by Crippen LogP contribution is 2.23. The second-order valence-electron chi connectivity index (χ2n) is 8.22. The van der Waals surface area contributed by atoms with Crippen molar-refractivity contribution in [2.45, 2.75) is 19.0 Å². The Morgan fingerprint density at radius 3 is 2.14 bits per heavy atom. The maximum atomic E-state index is 13.8. The summed E-state index contributed by atoms with van der Waals surface area (Å²) in [5.74, 6) is -0.828. The van der Waals surface area contributed by atoms with Gasteiger partial charge in [0.05, 0.1) is 11.9 Å². The zero-order valence-corrected chi connectivity index (χ0v) is 23.9. The number of amides is 2. The van der Waals surface area contributed by atoms with Crippen LogP contribution in [0.3, 0.4) is 0 Å². The summed E-state index contributed by atoms with van der Waals surface area (Å²) in [6, 6.07) is 22.7. The molecular weight excluding hydrogens is 610 g/mol. The van der Waals surface area contributed by atoms with Gasteiger partial charge in [-0.1, -0.05) is 80.4 Å². The standard InChI is InChI=1S/C26H27Br2N3O4S/c1-29-26(33)24(15-19-7-4-3-5-8-19)30(17-20-11-13-21(27)14-12-20)25(32)18-31(36(2,34)35)23-10-6-9-22(28)16-23/h3-14,16,24H,15,17-18H2,1-2H3,(H,29,33)/t24-/m0/s1. The van der Waals surface area contributed by atoms with E-state index in [9.17, 15) is 18.0 Å². The van der Waals surface area contributed by atoms with Crippen molar-refractivity contribution >= 4 is 59.4 Å². The zero-order chi connectivity index (χ0) is 26.3. The highest BCUT2D eigenvalue weighted by atomic mass is 79.9. The Balaban J connectivity index is 2.01. The van der Waals surface area contributed by atoms with Crippen LogP contribution in [0.4, 0.5) is 5.69 Å². The van der Waals surface area contributed by atoms with Crippen molar-refractivity contribution < 1.29 is 18.0 Å². The first-order valence-electron chi connectivity index (χ1n) is 11.1. The first kappa shape index (κ1) is 27.9. The molecule has 0 aliphatic rings. The van der Waals surface area contributed by atoms with Crippen LogP contribution < -0.4 is 9.62 Å². The van der Waals surface area contributed by atoms with E-state index in [-0.39, 0.29) is 18.9 Å². The lowest BCUT2D eigenvalue weighted by atomic mass is 10.0. The molecule has 2 amide bonds. The Morgan fingerprint density at radius 1 is 0.889 bits per heavy atom. The summed E-state index contributed by atoms with van der Waals surface area (Å²) >= 11 is 6.77. The fourth-order valence-electron chi connectivity index (χ4n) is 3.75. The monoisotopic (exact) mass is 635 g/mol. The van der Waals surface area contributed by atoms with Gasteiger partial charge in [-0.05, 0) is 41.5 Å². The van der Waals surface area contributed by atoms with Crippen molar-refractivity contribution in [3.63, 3.8) is 0 Å². The van der Waals surface area contributed by atoms with Crippen LogP contribution in [0.25, 0.3) is 0 Å². The Hall–Kier alpha value is -2.69. The first-order valence-corrected chi connectivity index (χ1v) is 14.5. The van der Waals surface area contributed by atoms with Crippen LogP contribution in [0.5, 0.6) is 0 Å². The number of rotatable bonds is 10. The number of carbonyl (C=O) groups is 2. The number of anilines is 1. The molecule has 3 aromatic carbocycles. The van der Waals surface area contributed by atoms with Crippen LogP contribution in [-0.4, -0.2) is 51.0 Å². The lowest BCUT2D eigenvalue weighted by Crippen LogP contribution is -2.52. The van der Waals surface area contributed by atoms with Gasteiger partial charge in [-0.25, -0.2) is 8.42 Å². The topological polar surface area (TPSA) is 86.8 Å². The molecule has 3 aromatic rings. The molecule has 0 fully saturated rings. The molecule has 0 aliphatic heterocycles. The van der Waals surface area contributed by atoms with Crippen molar-refractivity contribution in [2.24, 2.45) is 0 Å². The summed E-state index contributed by atoms with van der Waals surface area (Å²) in [5, 5.41) is 2.66. The van der Waals surface area contributed by atoms with E-state index in [2.05, 4.69) is 37.2 Å². The van der Waals surface area contributed by atoms with E-state index in [1.807, 2.05) is 54.6 Å². The number of sulfonamides is 1. The number of carbonyl (C=O) groups excluding carboxylic acids is 2. The molecule has 0 unspecified atom stereocenters. The van der Waals surface area contributed by atoms with Crippen molar-refractivity contribution in [3.8, 4) is 0 Å². The van der Waals surface area contributed by atoms with Gasteiger partial charge in [0.1, 0.15) is 12.6 Å². The van der Waals surface area contributed by atoms with E-state index in [4.69, 9.17) is 0 Å². The zero-order valence-electron chi connectivity index (χ0n) is 19.9. The molecule has 1 atom stereocenters. The highest BCUT2D eigenvalue weighted by Gasteiger charge is 2.32. The average molecular weight is 637 g/mol. The molecule has 0 saturated carbocycles. The smallest absolute Gasteiger partial charge is 0.244 e. The second kappa shape index (κ2) is 12.5. The third-order valence-corrected chi connectivity index (χ3v) is 7.72. The van der Waals surface area contributed by atoms with Gasteiger partial charge in [0.25, 0.3) is 0 Å². The third kappa shape index (κ3) is 7.65. The number of nitrogens with one attached hydrogen (secondary N) is 1. The van der Waals surface area contributed by atoms with Gasteiger partial charge in [0, 0.05) is 29.0 Å². The van der Waals surface area contributed by atoms with Crippen LogP contribution in [-0.2, 0) is 32.6 Å². The number of hydrogen-bond acceptors (Lipinski definition) is 4. The van der Waals surface area contributed by atoms with E-state index >= 15 is 0 Å². The Bertz CT molecular complexity index is 1300. The minimum Gasteiger partial charge on any atom is -0.357 e. The molecule has 0 heterocycles. The number of likely N-dealkylation sites (N-methyl/N-ethyl adjacent to an activating group) is 1. The van der Waals surface area contributed by atoms with Gasteiger partial charge in [0.15, 0.2) is 0 Å². The van der Waals surface area contributed by atoms with Crippen LogP contribution in [0, 0.1) is 0 Å². The van der Waals surface area contributed by atoms with Gasteiger partial charge >= 0.3 is 0 Å². The fraction of sp³-hybridized carbons (Fsp3) is 0.231. The van der Waals surface area contributed by atoms with Crippen LogP contribution in [0.15, 0.2) is 87.8 Å². The molecule has 10 heteroatoms. The molecule has 1 N–H and O–H groups in total. The van der Waals surface area contributed by atoms with E-state index in [1.54, 1.807) is 24.3 Å². The summed E-state index contributed by atoms with van der Waals surface area (Å²) < 4.78 is 28.0. The normalized spacial score (nSPS) is 12.0. The summed E-state index contributed by atoms with van der Waals surface area (Å²) in [7, 11) is -2.27. The maximum Gasteiger partial charge on any atom is 0.244 e. The number of hydrogen-bond donors (Lipinski definition) is 1. The minimum atomic E-state index is -3.79. The molecule has 7 nitrogen and oxygen atoms in total. The predicted octanol–water partition coefficient (Wildman–Crippen LogP) is 4.36. The lowest BCUT2D eigenvalue weighted by molar-refractivity contribution is -0.139. The van der Waals surface area contributed by atoms with E-state index in [0.717, 1.165) is 26.2 Å². The van der Waals surface area contributed by atoms with E-state index in [1.165, 1.54) is 11.9 Å². The first-order chi connectivity index (χ1) is 17.1. The molecule has 36 heavy (non-hydrogen) atoms. The van der Waals surface area contributed by atoms with E-state index in [0.29, 0.717) is 10.2 Å². The molecule has 0 bridgehead atoms. The number of nitrogens with zero attached hydrogens (tertiary/aromatic N) is 2. The Labute approximate surface area is 228 Å². The lowest BCUT2D eigenvalue weighted by Gasteiger charge is -2.33. The summed E-state index contributed by atoms with van der Waals surface area (Å²) in [6.07, 6.45) is 1.33. The minimum absolute atomic E-state index is 0.132. The Kier molecular flexibility index (Phi) is 9.69. The molecule has 0 aromatic heterocycles. The molecule has 3 rings (SSSR count). The van der Waals surface area contributed by atoms with Crippen LogP contribution in [0.1, 0.15) is 11.1 Å². The average Bonchev–Trinajstić information content (AvgIpc) is 2.85. The molecule has 0 aliphatic carbocycles. The molecule has 0 saturated heterocycles. The van der Waals surface area contributed by atoms with E-state index < -0.39 is 28.5 Å². The number of benzene rings is 3. The van der Waals surface area contributed by atoms with Crippen molar-refractivity contribution in [1.29, 1.82) is 0 Å². The quantitative estimate of drug-likeness (QED) is 0.358. The molecule has 0 radical (unpaired) electrons. The van der Waals surface area contributed by atoms with Crippen molar-refractivity contribution in [2.75, 3.05) is 24.2 Å². The fourth-order valence-corrected chi connectivity index (χ4v) is 5.24. The van der Waals surface area contributed by atoms with Gasteiger partial charge < -0.3 is 10.2 Å². The summed E-state index contributed by atoms with van der Waals surface area (Å²) in [5.41, 5.74) is 2.04. The Morgan fingerprint density at radius 2 is 1.56 bits per heavy atom. The SMILES string of the molecule is CNC(=O)[C@H](Cc1ccccc1)N(Cc1ccc(Br)cc1)C(=O)CN(c1cccc(Br)c1)S(C)(=O)=O. The maximum absolute atomic E-state index is 13.8. The predicted molar refractivity (Wildman–Crippen MR) is 149 cm³/mol. The molecular formula is C26H27Br2N3O4S. The largest absolute Gasteiger partial charge is 0.357 e. The summed E-state index contributed by atoms with van der Waals surface area (Å²) in [4.78, 5) is 28.3.